The molecule has 1 heterocycles. The number of hydrogen-bond acceptors (Lipinski definition) is 7. The van der Waals surface area contributed by atoms with Gasteiger partial charge in [0.1, 0.15) is 18.3 Å². The fourth-order valence-electron chi connectivity index (χ4n) is 1.80. The zero-order valence-corrected chi connectivity index (χ0v) is 10.6. The number of aliphatic hydroxyl groups excluding tert-OH is 4. The zero-order chi connectivity index (χ0) is 15.4. The molecule has 0 aliphatic carbocycles. The SMILES string of the molecule is CC(=O)NC1C=C(C(=O)O)OC([C@@H](O)[C@@H](O)CO)C1O. The van der Waals surface area contributed by atoms with Crippen LogP contribution in [0.15, 0.2) is 11.8 Å². The molecule has 0 bridgehead atoms. The number of ether oxygens (including phenoxy) is 1. The molecule has 0 spiro atoms. The second-order valence-corrected chi connectivity index (χ2v) is 4.38. The van der Waals surface area contributed by atoms with Gasteiger partial charge in [-0.3, -0.25) is 4.79 Å². The molecule has 1 amide bonds. The Labute approximate surface area is 114 Å². The Bertz CT molecular complexity index is 409. The summed E-state index contributed by atoms with van der Waals surface area (Å²) in [6, 6.07) is -1.10. The number of rotatable bonds is 5. The van der Waals surface area contributed by atoms with Gasteiger partial charge in [0.15, 0.2) is 6.10 Å². The number of aliphatic hydroxyl groups is 4. The van der Waals surface area contributed by atoms with E-state index in [0.29, 0.717) is 0 Å². The molecule has 1 aliphatic rings. The Morgan fingerprint density at radius 3 is 2.50 bits per heavy atom. The zero-order valence-electron chi connectivity index (χ0n) is 10.6. The van der Waals surface area contributed by atoms with Gasteiger partial charge in [-0.25, -0.2) is 4.79 Å². The van der Waals surface area contributed by atoms with Crippen molar-refractivity contribution in [3.8, 4) is 0 Å². The van der Waals surface area contributed by atoms with E-state index < -0.39 is 54.7 Å². The van der Waals surface area contributed by atoms with E-state index >= 15 is 0 Å². The molecule has 20 heavy (non-hydrogen) atoms. The maximum Gasteiger partial charge on any atom is 0.370 e. The highest BCUT2D eigenvalue weighted by atomic mass is 16.5. The lowest BCUT2D eigenvalue weighted by atomic mass is 9.94. The summed E-state index contributed by atoms with van der Waals surface area (Å²) in [4.78, 5) is 21.9. The lowest BCUT2D eigenvalue weighted by molar-refractivity contribution is -0.156. The molecule has 0 saturated heterocycles. The Hall–Kier alpha value is -1.68. The Kier molecular flexibility index (Phi) is 5.45. The van der Waals surface area contributed by atoms with E-state index in [4.69, 9.17) is 14.9 Å². The van der Waals surface area contributed by atoms with Crippen LogP contribution in [0.5, 0.6) is 0 Å². The minimum Gasteiger partial charge on any atom is -0.478 e. The second-order valence-electron chi connectivity index (χ2n) is 4.38. The fourth-order valence-corrected chi connectivity index (χ4v) is 1.80. The molecule has 0 radical (unpaired) electrons. The van der Waals surface area contributed by atoms with Crippen molar-refractivity contribution in [3.05, 3.63) is 11.8 Å². The highest BCUT2D eigenvalue weighted by Gasteiger charge is 2.42. The predicted molar refractivity (Wildman–Crippen MR) is 63.3 cm³/mol. The third-order valence-electron chi connectivity index (χ3n) is 2.80. The van der Waals surface area contributed by atoms with Crippen LogP contribution in [-0.2, 0) is 14.3 Å². The lowest BCUT2D eigenvalue weighted by Gasteiger charge is -2.36. The van der Waals surface area contributed by atoms with Crippen LogP contribution in [0.1, 0.15) is 6.92 Å². The number of carbonyl (C=O) groups is 2. The van der Waals surface area contributed by atoms with Gasteiger partial charge >= 0.3 is 5.97 Å². The Morgan fingerprint density at radius 1 is 1.45 bits per heavy atom. The molecule has 0 fully saturated rings. The standard InChI is InChI=1S/C11H17NO8/c1-4(14)12-5-2-7(11(18)19)20-10(8(5)16)9(17)6(15)3-13/h2,5-6,8-10,13,15-17H,3H2,1H3,(H,12,14)(H,18,19)/t5?,6-,8?,9-,10?/m0/s1. The Morgan fingerprint density at radius 2 is 2.05 bits per heavy atom. The van der Waals surface area contributed by atoms with Crippen molar-refractivity contribution in [3.63, 3.8) is 0 Å². The first-order valence-electron chi connectivity index (χ1n) is 5.81. The van der Waals surface area contributed by atoms with Crippen molar-refractivity contribution in [1.29, 1.82) is 0 Å². The van der Waals surface area contributed by atoms with Crippen LogP contribution in [-0.4, -0.2) is 74.5 Å². The van der Waals surface area contributed by atoms with Gasteiger partial charge in [0, 0.05) is 6.92 Å². The van der Waals surface area contributed by atoms with Crippen LogP contribution in [0.4, 0.5) is 0 Å². The van der Waals surface area contributed by atoms with Crippen molar-refractivity contribution >= 4 is 11.9 Å². The van der Waals surface area contributed by atoms with Crippen molar-refractivity contribution in [2.24, 2.45) is 0 Å². The molecule has 3 unspecified atom stereocenters. The molecule has 9 nitrogen and oxygen atoms in total. The van der Waals surface area contributed by atoms with Gasteiger partial charge in [-0.15, -0.1) is 0 Å². The summed E-state index contributed by atoms with van der Waals surface area (Å²) >= 11 is 0. The first-order valence-corrected chi connectivity index (χ1v) is 5.81. The number of nitrogens with one attached hydrogen (secondary N) is 1. The largest absolute Gasteiger partial charge is 0.478 e. The van der Waals surface area contributed by atoms with Crippen LogP contribution >= 0.6 is 0 Å². The normalized spacial score (nSPS) is 28.9. The van der Waals surface area contributed by atoms with Gasteiger partial charge < -0.3 is 35.6 Å². The summed E-state index contributed by atoms with van der Waals surface area (Å²) in [6.07, 6.45) is -5.36. The summed E-state index contributed by atoms with van der Waals surface area (Å²) < 4.78 is 4.90. The molecule has 5 atom stereocenters. The molecule has 0 aromatic carbocycles. The number of aliphatic carboxylic acids is 1. The van der Waals surface area contributed by atoms with Gasteiger partial charge in [-0.05, 0) is 6.08 Å². The van der Waals surface area contributed by atoms with Crippen LogP contribution in [0, 0.1) is 0 Å². The highest BCUT2D eigenvalue weighted by molar-refractivity contribution is 5.85. The van der Waals surface area contributed by atoms with E-state index in [9.17, 15) is 24.9 Å². The van der Waals surface area contributed by atoms with Gasteiger partial charge in [0.25, 0.3) is 0 Å². The third-order valence-corrected chi connectivity index (χ3v) is 2.80. The van der Waals surface area contributed by atoms with E-state index in [0.717, 1.165) is 6.08 Å². The second kappa shape index (κ2) is 6.66. The number of carboxylic acid groups (broad SMARTS) is 1. The molecule has 0 aromatic rings. The molecule has 9 heteroatoms. The molecule has 1 rings (SSSR count). The number of amides is 1. The lowest BCUT2D eigenvalue weighted by Crippen LogP contribution is -2.57. The van der Waals surface area contributed by atoms with E-state index in [1.54, 1.807) is 0 Å². The number of carbonyl (C=O) groups excluding carboxylic acids is 1. The number of carboxylic acids is 1. The van der Waals surface area contributed by atoms with Crippen LogP contribution in [0.2, 0.25) is 0 Å². The van der Waals surface area contributed by atoms with Crippen molar-refractivity contribution in [2.45, 2.75) is 37.4 Å². The topological polar surface area (TPSA) is 157 Å². The predicted octanol–water partition coefficient (Wildman–Crippen LogP) is -3.07. The molecular formula is C11H17NO8. The van der Waals surface area contributed by atoms with E-state index in [2.05, 4.69) is 5.32 Å². The summed E-state index contributed by atoms with van der Waals surface area (Å²) in [5.74, 6) is -2.56. The smallest absolute Gasteiger partial charge is 0.370 e. The molecule has 114 valence electrons. The summed E-state index contributed by atoms with van der Waals surface area (Å²) in [5.41, 5.74) is 0. The minimum absolute atomic E-state index is 0.520. The van der Waals surface area contributed by atoms with Gasteiger partial charge in [-0.1, -0.05) is 0 Å². The van der Waals surface area contributed by atoms with Crippen molar-refractivity contribution < 1.29 is 39.9 Å². The van der Waals surface area contributed by atoms with Gasteiger partial charge in [-0.2, -0.15) is 0 Å². The third kappa shape index (κ3) is 3.67. The first kappa shape index (κ1) is 16.4. The first-order chi connectivity index (χ1) is 9.27. The summed E-state index contributed by atoms with van der Waals surface area (Å²) in [6.45, 7) is 0.370. The quantitative estimate of drug-likeness (QED) is 0.311. The summed E-state index contributed by atoms with van der Waals surface area (Å²) in [7, 11) is 0. The molecule has 6 N–H and O–H groups in total. The van der Waals surface area contributed by atoms with Gasteiger partial charge in [0.05, 0.1) is 12.6 Å². The van der Waals surface area contributed by atoms with Gasteiger partial charge in [0.2, 0.25) is 11.7 Å². The maximum absolute atomic E-state index is 11.0. The fraction of sp³-hybridized carbons (Fsp3) is 0.636. The van der Waals surface area contributed by atoms with E-state index in [-0.39, 0.29) is 0 Å². The monoisotopic (exact) mass is 291 g/mol. The molecule has 0 saturated carbocycles. The van der Waals surface area contributed by atoms with Crippen LogP contribution in [0.3, 0.4) is 0 Å². The van der Waals surface area contributed by atoms with Crippen LogP contribution < -0.4 is 5.32 Å². The Balaban J connectivity index is 3.00. The van der Waals surface area contributed by atoms with Crippen LogP contribution in [0.25, 0.3) is 0 Å². The van der Waals surface area contributed by atoms with E-state index in [1.165, 1.54) is 6.92 Å². The van der Waals surface area contributed by atoms with E-state index in [1.807, 2.05) is 0 Å². The average molecular weight is 291 g/mol. The average Bonchev–Trinajstić information content (AvgIpc) is 2.38. The summed E-state index contributed by atoms with van der Waals surface area (Å²) in [5, 5.41) is 49.0. The maximum atomic E-state index is 11.0. The molecular weight excluding hydrogens is 274 g/mol. The highest BCUT2D eigenvalue weighted by Crippen LogP contribution is 2.22. The molecule has 1 aliphatic heterocycles. The van der Waals surface area contributed by atoms with Crippen molar-refractivity contribution in [2.75, 3.05) is 6.61 Å². The minimum atomic E-state index is -1.73. The molecule has 0 aromatic heterocycles. The number of hydrogen-bond donors (Lipinski definition) is 6. The van der Waals surface area contributed by atoms with Crippen molar-refractivity contribution in [1.82, 2.24) is 5.32 Å².